The summed E-state index contributed by atoms with van der Waals surface area (Å²) in [4.78, 5) is 0. The molecule has 0 fully saturated rings. The summed E-state index contributed by atoms with van der Waals surface area (Å²) in [6, 6.07) is 4.52. The first-order chi connectivity index (χ1) is 8.04. The molecule has 0 aromatic heterocycles. The summed E-state index contributed by atoms with van der Waals surface area (Å²) < 4.78 is 5.43. The van der Waals surface area contributed by atoms with Gasteiger partial charge in [-0.15, -0.1) is 0 Å². The van der Waals surface area contributed by atoms with E-state index in [2.05, 4.69) is 39.5 Å². The fraction of sp³-hybridized carbons (Fsp3) is 0.500. The van der Waals surface area contributed by atoms with Crippen molar-refractivity contribution in [2.75, 3.05) is 7.11 Å². The van der Waals surface area contributed by atoms with E-state index in [-0.39, 0.29) is 0 Å². The summed E-state index contributed by atoms with van der Waals surface area (Å²) in [7, 11) is 1.75. The van der Waals surface area contributed by atoms with Crippen molar-refractivity contribution in [2.24, 2.45) is 0 Å². The van der Waals surface area contributed by atoms with Crippen LogP contribution in [0.15, 0.2) is 24.3 Å². The quantitative estimate of drug-likeness (QED) is 0.677. The van der Waals surface area contributed by atoms with Gasteiger partial charge in [-0.1, -0.05) is 25.1 Å². The van der Waals surface area contributed by atoms with Crippen LogP contribution < -0.4 is 4.74 Å². The Balaban J connectivity index is 2.55. The van der Waals surface area contributed by atoms with Crippen LogP contribution in [-0.2, 0) is 0 Å². The van der Waals surface area contributed by atoms with Gasteiger partial charge in [-0.3, -0.25) is 0 Å². The van der Waals surface area contributed by atoms with Crippen molar-refractivity contribution >= 4 is 0 Å². The van der Waals surface area contributed by atoms with E-state index in [0.717, 1.165) is 5.75 Å². The molecule has 1 heteroatoms. The zero-order chi connectivity index (χ0) is 12.6. The number of allylic oxidation sites excluding steroid dienone is 1. The van der Waals surface area contributed by atoms with Gasteiger partial charge in [-0.25, -0.2) is 0 Å². The van der Waals surface area contributed by atoms with E-state index < -0.39 is 0 Å². The highest BCUT2D eigenvalue weighted by Gasteiger charge is 2.26. The highest BCUT2D eigenvalue weighted by molar-refractivity contribution is 5.48. The summed E-state index contributed by atoms with van der Waals surface area (Å²) in [6.07, 6.45) is 2.48. The van der Waals surface area contributed by atoms with Gasteiger partial charge in [0.1, 0.15) is 5.75 Å². The van der Waals surface area contributed by atoms with Crippen LogP contribution in [0.25, 0.3) is 0 Å². The van der Waals surface area contributed by atoms with Gasteiger partial charge in [0.05, 0.1) is 7.11 Å². The van der Waals surface area contributed by atoms with E-state index in [4.69, 9.17) is 4.74 Å². The average molecular weight is 230 g/mol. The molecule has 1 aromatic carbocycles. The van der Waals surface area contributed by atoms with Crippen molar-refractivity contribution in [1.29, 1.82) is 0 Å². The fourth-order valence-corrected chi connectivity index (χ4v) is 2.91. The van der Waals surface area contributed by atoms with Gasteiger partial charge in [0.15, 0.2) is 0 Å². The summed E-state index contributed by atoms with van der Waals surface area (Å²) in [5, 5.41) is 0. The first kappa shape index (κ1) is 12.2. The van der Waals surface area contributed by atoms with Gasteiger partial charge in [-0.2, -0.15) is 0 Å². The molecule has 0 N–H and O–H groups in total. The number of hydrogen-bond donors (Lipinski definition) is 0. The number of benzene rings is 1. The Morgan fingerprint density at radius 3 is 2.59 bits per heavy atom. The Hall–Kier alpha value is -1.24. The predicted octanol–water partition coefficient (Wildman–Crippen LogP) is 4.56. The van der Waals surface area contributed by atoms with Crippen molar-refractivity contribution in [3.63, 3.8) is 0 Å². The second kappa shape index (κ2) is 4.56. The van der Waals surface area contributed by atoms with Crippen molar-refractivity contribution in [3.05, 3.63) is 41.0 Å². The molecule has 1 aliphatic carbocycles. The monoisotopic (exact) mass is 230 g/mol. The Morgan fingerprint density at radius 2 is 2.00 bits per heavy atom. The smallest absolute Gasteiger partial charge is 0.122 e. The lowest BCUT2D eigenvalue weighted by Gasteiger charge is -2.31. The molecular formula is C16H22O. The van der Waals surface area contributed by atoms with E-state index in [9.17, 15) is 0 Å². The molecule has 0 saturated heterocycles. The average Bonchev–Trinajstić information content (AvgIpc) is 2.28. The highest BCUT2D eigenvalue weighted by atomic mass is 16.5. The highest BCUT2D eigenvalue weighted by Crippen LogP contribution is 2.43. The zero-order valence-corrected chi connectivity index (χ0v) is 11.3. The van der Waals surface area contributed by atoms with E-state index in [0.29, 0.717) is 11.8 Å². The lowest BCUT2D eigenvalue weighted by Crippen LogP contribution is -2.14. The molecular weight excluding hydrogens is 208 g/mol. The molecule has 1 aromatic rings. The van der Waals surface area contributed by atoms with Crippen molar-refractivity contribution < 1.29 is 4.74 Å². The molecule has 0 radical (unpaired) electrons. The number of aryl methyl sites for hydroxylation is 1. The molecule has 0 saturated carbocycles. The first-order valence-electron chi connectivity index (χ1n) is 6.38. The summed E-state index contributed by atoms with van der Waals surface area (Å²) in [6.45, 7) is 10.7. The van der Waals surface area contributed by atoms with Gasteiger partial charge in [0, 0.05) is 5.92 Å². The summed E-state index contributed by atoms with van der Waals surface area (Å²) in [5.74, 6) is 2.18. The molecule has 0 heterocycles. The van der Waals surface area contributed by atoms with Crippen LogP contribution in [-0.4, -0.2) is 7.11 Å². The second-order valence-electron chi connectivity index (χ2n) is 5.33. The molecule has 2 rings (SSSR count). The van der Waals surface area contributed by atoms with Crippen LogP contribution in [0.5, 0.6) is 5.75 Å². The molecule has 0 amide bonds. The largest absolute Gasteiger partial charge is 0.496 e. The maximum absolute atomic E-state index is 5.43. The second-order valence-corrected chi connectivity index (χ2v) is 5.33. The van der Waals surface area contributed by atoms with Crippen LogP contribution >= 0.6 is 0 Å². The van der Waals surface area contributed by atoms with Crippen molar-refractivity contribution in [1.82, 2.24) is 0 Å². The summed E-state index contributed by atoms with van der Waals surface area (Å²) in [5.41, 5.74) is 5.43. The Kier molecular flexibility index (Phi) is 3.28. The lowest BCUT2D eigenvalue weighted by molar-refractivity contribution is 0.409. The van der Waals surface area contributed by atoms with E-state index in [1.165, 1.54) is 35.1 Å². The predicted molar refractivity (Wildman–Crippen MR) is 72.9 cm³/mol. The number of rotatable bonds is 2. The SMILES string of the molecule is C=C(C)[C@H]1CC[C@H](C)c2cc(OC)c(C)cc21. The Morgan fingerprint density at radius 1 is 1.29 bits per heavy atom. The van der Waals surface area contributed by atoms with Gasteiger partial charge >= 0.3 is 0 Å². The van der Waals surface area contributed by atoms with E-state index >= 15 is 0 Å². The summed E-state index contributed by atoms with van der Waals surface area (Å²) >= 11 is 0. The zero-order valence-electron chi connectivity index (χ0n) is 11.3. The van der Waals surface area contributed by atoms with Crippen LogP contribution in [0.4, 0.5) is 0 Å². The number of hydrogen-bond acceptors (Lipinski definition) is 1. The van der Waals surface area contributed by atoms with Crippen LogP contribution in [0.3, 0.4) is 0 Å². The maximum atomic E-state index is 5.43. The van der Waals surface area contributed by atoms with Crippen molar-refractivity contribution in [3.8, 4) is 5.75 Å². The number of methoxy groups -OCH3 is 1. The van der Waals surface area contributed by atoms with E-state index in [1.54, 1.807) is 7.11 Å². The molecule has 2 atom stereocenters. The molecule has 0 aliphatic heterocycles. The van der Waals surface area contributed by atoms with Gasteiger partial charge < -0.3 is 4.74 Å². The topological polar surface area (TPSA) is 9.23 Å². The third-order valence-electron chi connectivity index (χ3n) is 3.99. The molecule has 92 valence electrons. The minimum Gasteiger partial charge on any atom is -0.496 e. The minimum absolute atomic E-state index is 0.533. The molecule has 0 spiro atoms. The lowest BCUT2D eigenvalue weighted by atomic mass is 9.74. The number of fused-ring (bicyclic) bond motifs is 1. The van der Waals surface area contributed by atoms with Gasteiger partial charge in [0.25, 0.3) is 0 Å². The van der Waals surface area contributed by atoms with Crippen LogP contribution in [0, 0.1) is 6.92 Å². The maximum Gasteiger partial charge on any atom is 0.122 e. The molecule has 0 bridgehead atoms. The molecule has 1 aliphatic rings. The van der Waals surface area contributed by atoms with Crippen molar-refractivity contribution in [2.45, 2.75) is 45.4 Å². The third kappa shape index (κ3) is 2.11. The minimum atomic E-state index is 0.533. The first-order valence-corrected chi connectivity index (χ1v) is 6.38. The normalized spacial score (nSPS) is 23.1. The fourth-order valence-electron chi connectivity index (χ4n) is 2.91. The van der Waals surface area contributed by atoms with Gasteiger partial charge in [0.2, 0.25) is 0 Å². The van der Waals surface area contributed by atoms with Crippen LogP contribution in [0.1, 0.15) is 55.2 Å². The Bertz CT molecular complexity index is 445. The standard InChI is InChI=1S/C16H22O/c1-10(2)13-7-6-11(3)14-9-16(17-5)12(4)8-15(13)14/h8-9,11,13H,1,6-7H2,2-5H3/t11-,13+/m0/s1. The number of ether oxygens (including phenoxy) is 1. The molecule has 0 unspecified atom stereocenters. The van der Waals surface area contributed by atoms with E-state index in [1.807, 2.05) is 0 Å². The third-order valence-corrected chi connectivity index (χ3v) is 3.99. The Labute approximate surface area is 104 Å². The molecule has 1 nitrogen and oxygen atoms in total. The molecule has 17 heavy (non-hydrogen) atoms. The van der Waals surface area contributed by atoms with Gasteiger partial charge in [-0.05, 0) is 55.4 Å². The van der Waals surface area contributed by atoms with Crippen LogP contribution in [0.2, 0.25) is 0 Å².